The summed E-state index contributed by atoms with van der Waals surface area (Å²) >= 11 is 1.64. The molecular formula is C22H21N3O2S. The van der Waals surface area contributed by atoms with E-state index >= 15 is 0 Å². The summed E-state index contributed by atoms with van der Waals surface area (Å²) in [5.74, 6) is 2.83. The number of nitrogens with one attached hydrogen (secondary N) is 1. The van der Waals surface area contributed by atoms with Gasteiger partial charge in [0.2, 0.25) is 0 Å². The molecule has 1 N–H and O–H groups in total. The van der Waals surface area contributed by atoms with Crippen LogP contribution in [0.2, 0.25) is 0 Å². The van der Waals surface area contributed by atoms with Crippen LogP contribution in [0, 0.1) is 0 Å². The second-order valence-electron chi connectivity index (χ2n) is 6.04. The Bertz CT molecular complexity index is 1030. The van der Waals surface area contributed by atoms with E-state index in [-0.39, 0.29) is 0 Å². The quantitative estimate of drug-likeness (QED) is 0.604. The lowest BCUT2D eigenvalue weighted by Crippen LogP contribution is -2.13. The van der Waals surface area contributed by atoms with Gasteiger partial charge in [0.15, 0.2) is 17.3 Å². The molecule has 0 fully saturated rings. The van der Waals surface area contributed by atoms with Crippen LogP contribution in [-0.2, 0) is 0 Å². The molecule has 3 aromatic rings. The first-order valence-electron chi connectivity index (χ1n) is 9.25. The number of para-hydroxylation sites is 2. The summed E-state index contributed by atoms with van der Waals surface area (Å²) in [7, 11) is 0. The van der Waals surface area contributed by atoms with E-state index in [0.717, 1.165) is 33.4 Å². The third kappa shape index (κ3) is 3.77. The van der Waals surface area contributed by atoms with Gasteiger partial charge in [-0.3, -0.25) is 0 Å². The molecule has 28 heavy (non-hydrogen) atoms. The monoisotopic (exact) mass is 391 g/mol. The summed E-state index contributed by atoms with van der Waals surface area (Å²) in [5, 5.41) is 5.46. The molecule has 6 heteroatoms. The van der Waals surface area contributed by atoms with Crippen molar-refractivity contribution in [3.05, 3.63) is 70.4 Å². The molecule has 4 rings (SSSR count). The molecule has 142 valence electrons. The van der Waals surface area contributed by atoms with E-state index in [2.05, 4.69) is 5.32 Å². The summed E-state index contributed by atoms with van der Waals surface area (Å²) < 4.78 is 11.5. The molecule has 5 nitrogen and oxygen atoms in total. The van der Waals surface area contributed by atoms with Gasteiger partial charge in [-0.1, -0.05) is 18.2 Å². The lowest BCUT2D eigenvalue weighted by molar-refractivity contribution is 0.287. The second kappa shape index (κ2) is 8.27. The average Bonchev–Trinajstić information content (AvgIpc) is 3.17. The summed E-state index contributed by atoms with van der Waals surface area (Å²) in [6.07, 6.45) is 0. The van der Waals surface area contributed by atoms with Crippen LogP contribution in [0.1, 0.15) is 24.3 Å². The number of hydrogen-bond donors (Lipinski definition) is 1. The van der Waals surface area contributed by atoms with Crippen molar-refractivity contribution < 1.29 is 9.47 Å². The van der Waals surface area contributed by atoms with E-state index in [9.17, 15) is 0 Å². The Kier molecular flexibility index (Phi) is 5.39. The topological polar surface area (TPSA) is 55.2 Å². The number of ether oxygens (including phenoxy) is 2. The van der Waals surface area contributed by atoms with Crippen molar-refractivity contribution in [2.75, 3.05) is 18.5 Å². The zero-order chi connectivity index (χ0) is 19.3. The Hall–Kier alpha value is -3.12. The van der Waals surface area contributed by atoms with E-state index in [1.807, 2.05) is 73.8 Å². The van der Waals surface area contributed by atoms with E-state index in [1.165, 1.54) is 0 Å². The van der Waals surface area contributed by atoms with E-state index < -0.39 is 0 Å². The minimum Gasteiger partial charge on any atom is -0.490 e. The van der Waals surface area contributed by atoms with Crippen molar-refractivity contribution in [2.24, 2.45) is 9.98 Å². The van der Waals surface area contributed by atoms with Crippen molar-refractivity contribution in [2.45, 2.75) is 13.8 Å². The van der Waals surface area contributed by atoms with Crippen LogP contribution in [-0.4, -0.2) is 24.9 Å². The highest BCUT2D eigenvalue weighted by molar-refractivity contribution is 7.12. The SMILES string of the molecule is CCOc1ccc(C2=Nc3ccccc3NC(c3cccs3)=N2)cc1OCC. The molecule has 0 unspecified atom stereocenters. The van der Waals surface area contributed by atoms with Crippen LogP contribution in [0.15, 0.2) is 70.0 Å². The largest absolute Gasteiger partial charge is 0.490 e. The zero-order valence-corrected chi connectivity index (χ0v) is 16.6. The molecule has 1 aliphatic heterocycles. The summed E-state index contributed by atoms with van der Waals surface area (Å²) in [6, 6.07) is 17.8. The maximum atomic E-state index is 5.78. The highest BCUT2D eigenvalue weighted by atomic mass is 32.1. The molecule has 0 atom stereocenters. The number of hydrogen-bond acceptors (Lipinski definition) is 6. The normalized spacial score (nSPS) is 12.9. The molecule has 1 aromatic heterocycles. The minimum absolute atomic E-state index is 0.560. The molecule has 0 radical (unpaired) electrons. The fourth-order valence-electron chi connectivity index (χ4n) is 2.93. The third-order valence-corrected chi connectivity index (χ3v) is 5.03. The lowest BCUT2D eigenvalue weighted by Gasteiger charge is -2.12. The number of amidine groups is 2. The lowest BCUT2D eigenvalue weighted by atomic mass is 10.1. The van der Waals surface area contributed by atoms with Crippen LogP contribution >= 0.6 is 11.3 Å². The van der Waals surface area contributed by atoms with Gasteiger partial charge >= 0.3 is 0 Å². The number of rotatable bonds is 6. The fourth-order valence-corrected chi connectivity index (χ4v) is 3.60. The van der Waals surface area contributed by atoms with Gasteiger partial charge in [-0.05, 0) is 55.6 Å². The maximum absolute atomic E-state index is 5.78. The highest BCUT2D eigenvalue weighted by Crippen LogP contribution is 2.32. The smallest absolute Gasteiger partial charge is 0.162 e. The van der Waals surface area contributed by atoms with Gasteiger partial charge in [-0.15, -0.1) is 11.3 Å². The Balaban J connectivity index is 1.83. The predicted octanol–water partition coefficient (Wildman–Crippen LogP) is 5.50. The molecule has 2 heterocycles. The number of benzene rings is 2. The standard InChI is InChI=1S/C22H21N3O2S/c1-3-26-18-12-11-15(14-19(18)27-4-2)21-23-16-8-5-6-9-17(16)24-22(25-21)20-10-7-13-28-20/h5-14H,3-4H2,1-2H3,(H,23,24,25). The fraction of sp³-hybridized carbons (Fsp3) is 0.182. The first-order chi connectivity index (χ1) is 13.8. The molecule has 0 amide bonds. The molecule has 0 bridgehead atoms. The molecule has 0 spiro atoms. The maximum Gasteiger partial charge on any atom is 0.162 e. The Morgan fingerprint density at radius 1 is 0.893 bits per heavy atom. The number of thiophene rings is 1. The Labute approximate surface area is 168 Å². The van der Waals surface area contributed by atoms with Gasteiger partial charge in [0.25, 0.3) is 0 Å². The van der Waals surface area contributed by atoms with E-state index in [4.69, 9.17) is 19.5 Å². The van der Waals surface area contributed by atoms with Gasteiger partial charge in [0.05, 0.1) is 29.5 Å². The van der Waals surface area contributed by atoms with Crippen molar-refractivity contribution in [1.29, 1.82) is 0 Å². The Morgan fingerprint density at radius 2 is 1.71 bits per heavy atom. The van der Waals surface area contributed by atoms with E-state index in [1.54, 1.807) is 11.3 Å². The molecule has 1 aliphatic rings. The summed E-state index contributed by atoms with van der Waals surface area (Å²) in [4.78, 5) is 10.7. The number of nitrogens with zero attached hydrogens (tertiary/aromatic N) is 2. The van der Waals surface area contributed by atoms with Crippen molar-refractivity contribution >= 4 is 34.4 Å². The van der Waals surface area contributed by atoms with Crippen LogP contribution < -0.4 is 14.8 Å². The predicted molar refractivity (Wildman–Crippen MR) is 116 cm³/mol. The summed E-state index contributed by atoms with van der Waals surface area (Å²) in [6.45, 7) is 5.06. The number of aliphatic imine (C=N–C) groups is 2. The van der Waals surface area contributed by atoms with Gasteiger partial charge in [0, 0.05) is 5.56 Å². The zero-order valence-electron chi connectivity index (χ0n) is 15.8. The summed E-state index contributed by atoms with van der Waals surface area (Å²) in [5.41, 5.74) is 2.65. The van der Waals surface area contributed by atoms with E-state index in [0.29, 0.717) is 24.8 Å². The Morgan fingerprint density at radius 3 is 2.50 bits per heavy atom. The first kappa shape index (κ1) is 18.3. The van der Waals surface area contributed by atoms with Crippen LogP contribution in [0.5, 0.6) is 11.5 Å². The third-order valence-electron chi connectivity index (χ3n) is 4.16. The van der Waals surface area contributed by atoms with Gasteiger partial charge in [-0.25, -0.2) is 9.98 Å². The van der Waals surface area contributed by atoms with Crippen molar-refractivity contribution in [3.8, 4) is 11.5 Å². The van der Waals surface area contributed by atoms with Gasteiger partial charge < -0.3 is 14.8 Å². The molecule has 2 aromatic carbocycles. The van der Waals surface area contributed by atoms with Crippen molar-refractivity contribution in [1.82, 2.24) is 0 Å². The minimum atomic E-state index is 0.560. The molecule has 0 saturated carbocycles. The first-order valence-corrected chi connectivity index (χ1v) is 10.1. The van der Waals surface area contributed by atoms with Crippen LogP contribution in [0.3, 0.4) is 0 Å². The average molecular weight is 391 g/mol. The van der Waals surface area contributed by atoms with Crippen molar-refractivity contribution in [3.63, 3.8) is 0 Å². The molecule has 0 saturated heterocycles. The highest BCUT2D eigenvalue weighted by Gasteiger charge is 2.17. The van der Waals surface area contributed by atoms with Crippen LogP contribution in [0.25, 0.3) is 0 Å². The second-order valence-corrected chi connectivity index (χ2v) is 6.99. The number of fused-ring (bicyclic) bond motifs is 1. The molecule has 0 aliphatic carbocycles. The number of anilines is 1. The molecular weight excluding hydrogens is 370 g/mol. The van der Waals surface area contributed by atoms with Gasteiger partial charge in [-0.2, -0.15) is 0 Å². The van der Waals surface area contributed by atoms with Crippen LogP contribution in [0.4, 0.5) is 11.4 Å². The van der Waals surface area contributed by atoms with Gasteiger partial charge in [0.1, 0.15) is 5.84 Å².